The van der Waals surface area contributed by atoms with Crippen molar-refractivity contribution in [3.63, 3.8) is 0 Å². The number of methoxy groups -OCH3 is 1. The number of hydrogen-bond acceptors (Lipinski definition) is 6. The van der Waals surface area contributed by atoms with Crippen molar-refractivity contribution in [2.75, 3.05) is 25.6 Å². The van der Waals surface area contributed by atoms with Gasteiger partial charge in [-0.3, -0.25) is 4.79 Å². The van der Waals surface area contributed by atoms with E-state index >= 15 is 0 Å². The molecule has 23 heavy (non-hydrogen) atoms. The summed E-state index contributed by atoms with van der Waals surface area (Å²) >= 11 is 6.12. The highest BCUT2D eigenvalue weighted by atomic mass is 35.5. The number of amides is 1. The van der Waals surface area contributed by atoms with E-state index in [4.69, 9.17) is 21.1 Å². The van der Waals surface area contributed by atoms with Gasteiger partial charge in [-0.2, -0.15) is 5.21 Å². The topological polar surface area (TPSA) is 102 Å². The second-order valence-electron chi connectivity index (χ2n) is 4.72. The third-order valence-corrected chi connectivity index (χ3v) is 3.25. The van der Waals surface area contributed by atoms with Crippen molar-refractivity contribution in [2.24, 2.45) is 0 Å². The normalized spacial score (nSPS) is 10.5. The van der Waals surface area contributed by atoms with E-state index in [0.29, 0.717) is 54.8 Å². The fourth-order valence-electron chi connectivity index (χ4n) is 1.85. The summed E-state index contributed by atoms with van der Waals surface area (Å²) in [5, 5.41) is 16.7. The van der Waals surface area contributed by atoms with Gasteiger partial charge in [0.2, 0.25) is 5.91 Å². The first-order valence-corrected chi connectivity index (χ1v) is 7.50. The molecule has 0 atom stereocenters. The zero-order valence-electron chi connectivity index (χ0n) is 12.7. The first-order chi connectivity index (χ1) is 11.2. The highest BCUT2D eigenvalue weighted by Gasteiger charge is 2.07. The Morgan fingerprint density at radius 3 is 2.96 bits per heavy atom. The monoisotopic (exact) mass is 339 g/mol. The number of tetrazole rings is 1. The third kappa shape index (κ3) is 5.84. The van der Waals surface area contributed by atoms with Crippen molar-refractivity contribution in [2.45, 2.75) is 19.3 Å². The molecule has 0 aliphatic carbocycles. The van der Waals surface area contributed by atoms with E-state index < -0.39 is 0 Å². The summed E-state index contributed by atoms with van der Waals surface area (Å²) in [5.74, 6) is 1.05. The fraction of sp³-hybridized carbons (Fsp3) is 0.429. The second kappa shape index (κ2) is 9.06. The number of anilines is 1. The van der Waals surface area contributed by atoms with E-state index in [2.05, 4.69) is 25.9 Å². The van der Waals surface area contributed by atoms with E-state index in [1.807, 2.05) is 0 Å². The Kier molecular flexibility index (Phi) is 6.76. The summed E-state index contributed by atoms with van der Waals surface area (Å²) in [6, 6.07) is 5.11. The Bertz CT molecular complexity index is 621. The summed E-state index contributed by atoms with van der Waals surface area (Å²) in [7, 11) is 1.60. The maximum Gasteiger partial charge on any atom is 0.224 e. The van der Waals surface area contributed by atoms with E-state index in [1.165, 1.54) is 0 Å². The van der Waals surface area contributed by atoms with Crippen LogP contribution < -0.4 is 10.1 Å². The van der Waals surface area contributed by atoms with Crippen LogP contribution in [0.5, 0.6) is 5.75 Å². The molecule has 8 nitrogen and oxygen atoms in total. The zero-order valence-corrected chi connectivity index (χ0v) is 13.5. The first kappa shape index (κ1) is 17.2. The molecular formula is C14H18ClN5O3. The van der Waals surface area contributed by atoms with Gasteiger partial charge in [-0.25, -0.2) is 0 Å². The van der Waals surface area contributed by atoms with Gasteiger partial charge in [0.25, 0.3) is 0 Å². The van der Waals surface area contributed by atoms with Crippen LogP contribution in [-0.2, 0) is 16.0 Å². The molecule has 9 heteroatoms. The standard InChI is InChI=1S/C14H18ClN5O3/c1-22-7-8-23-12-6-5-10(9-11(12)15)16-14(21)4-2-3-13-17-19-20-18-13/h5-6,9H,2-4,7-8H2,1H3,(H,16,21)(H,17,18,19,20). The van der Waals surface area contributed by atoms with Crippen molar-refractivity contribution in [3.05, 3.63) is 29.0 Å². The molecule has 0 aliphatic rings. The van der Waals surface area contributed by atoms with Gasteiger partial charge in [-0.05, 0) is 24.6 Å². The van der Waals surface area contributed by atoms with Gasteiger partial charge in [0, 0.05) is 25.6 Å². The van der Waals surface area contributed by atoms with Crippen LogP contribution in [0.15, 0.2) is 18.2 Å². The van der Waals surface area contributed by atoms with Crippen LogP contribution in [0, 0.1) is 0 Å². The SMILES string of the molecule is COCCOc1ccc(NC(=O)CCCc2nn[nH]n2)cc1Cl. The number of nitrogens with one attached hydrogen (secondary N) is 2. The highest BCUT2D eigenvalue weighted by molar-refractivity contribution is 6.32. The number of hydrogen-bond donors (Lipinski definition) is 2. The number of H-pyrrole nitrogens is 1. The summed E-state index contributed by atoms with van der Waals surface area (Å²) < 4.78 is 10.4. The highest BCUT2D eigenvalue weighted by Crippen LogP contribution is 2.27. The van der Waals surface area contributed by atoms with Gasteiger partial charge in [-0.15, -0.1) is 10.2 Å². The number of carbonyl (C=O) groups is 1. The molecule has 0 aliphatic heterocycles. The number of nitrogens with zero attached hydrogens (tertiary/aromatic N) is 3. The number of rotatable bonds is 9. The van der Waals surface area contributed by atoms with Crippen LogP contribution in [0.2, 0.25) is 5.02 Å². The Hall–Kier alpha value is -2.19. The molecular weight excluding hydrogens is 322 g/mol. The number of aromatic nitrogens is 4. The predicted octanol–water partition coefficient (Wildman–Crippen LogP) is 1.84. The van der Waals surface area contributed by atoms with E-state index in [-0.39, 0.29) is 5.91 Å². The third-order valence-electron chi connectivity index (χ3n) is 2.95. The lowest BCUT2D eigenvalue weighted by Gasteiger charge is -2.10. The second-order valence-corrected chi connectivity index (χ2v) is 5.12. The van der Waals surface area contributed by atoms with Crippen LogP contribution in [0.25, 0.3) is 0 Å². The smallest absolute Gasteiger partial charge is 0.224 e. The Morgan fingerprint density at radius 1 is 1.39 bits per heavy atom. The van der Waals surface area contributed by atoms with Crippen molar-refractivity contribution in [3.8, 4) is 5.75 Å². The lowest BCUT2D eigenvalue weighted by atomic mass is 10.2. The molecule has 1 aromatic heterocycles. The van der Waals surface area contributed by atoms with Crippen molar-refractivity contribution in [1.29, 1.82) is 0 Å². The molecule has 0 radical (unpaired) electrons. The molecule has 1 amide bonds. The number of halogens is 1. The molecule has 2 N–H and O–H groups in total. The minimum absolute atomic E-state index is 0.0994. The van der Waals surface area contributed by atoms with Crippen molar-refractivity contribution < 1.29 is 14.3 Å². The quantitative estimate of drug-likeness (QED) is 0.676. The maximum atomic E-state index is 11.9. The fourth-order valence-corrected chi connectivity index (χ4v) is 2.08. The van der Waals surface area contributed by atoms with Gasteiger partial charge in [-0.1, -0.05) is 16.8 Å². The molecule has 0 bridgehead atoms. The lowest BCUT2D eigenvalue weighted by Crippen LogP contribution is -2.12. The van der Waals surface area contributed by atoms with Gasteiger partial charge < -0.3 is 14.8 Å². The first-order valence-electron chi connectivity index (χ1n) is 7.12. The summed E-state index contributed by atoms with van der Waals surface area (Å²) in [4.78, 5) is 11.9. The van der Waals surface area contributed by atoms with Crippen LogP contribution in [0.3, 0.4) is 0 Å². The van der Waals surface area contributed by atoms with Crippen LogP contribution >= 0.6 is 11.6 Å². The Labute approximate surface area is 138 Å². The molecule has 2 aromatic rings. The van der Waals surface area contributed by atoms with Crippen LogP contribution in [0.1, 0.15) is 18.7 Å². The van der Waals surface area contributed by atoms with Crippen molar-refractivity contribution in [1.82, 2.24) is 20.6 Å². The van der Waals surface area contributed by atoms with Gasteiger partial charge in [0.15, 0.2) is 5.82 Å². The summed E-state index contributed by atoms with van der Waals surface area (Å²) in [6.45, 7) is 0.896. The number of aryl methyl sites for hydroxylation is 1. The largest absolute Gasteiger partial charge is 0.490 e. The van der Waals surface area contributed by atoms with Gasteiger partial charge in [0.05, 0.1) is 11.6 Å². The van der Waals surface area contributed by atoms with E-state index in [0.717, 1.165) is 0 Å². The van der Waals surface area contributed by atoms with Crippen LogP contribution in [0.4, 0.5) is 5.69 Å². The number of ether oxygens (including phenoxy) is 2. The van der Waals surface area contributed by atoms with Crippen molar-refractivity contribution >= 4 is 23.2 Å². The van der Waals surface area contributed by atoms with E-state index in [1.54, 1.807) is 25.3 Å². The maximum absolute atomic E-state index is 11.9. The summed E-state index contributed by atoms with van der Waals surface area (Å²) in [6.07, 6.45) is 1.59. The molecule has 0 saturated carbocycles. The molecule has 0 fully saturated rings. The van der Waals surface area contributed by atoms with E-state index in [9.17, 15) is 4.79 Å². The predicted molar refractivity (Wildman–Crippen MR) is 84.6 cm³/mol. The molecule has 2 rings (SSSR count). The average Bonchev–Trinajstić information content (AvgIpc) is 3.03. The molecule has 0 saturated heterocycles. The molecule has 0 unspecified atom stereocenters. The van der Waals surface area contributed by atoms with Crippen LogP contribution in [-0.4, -0.2) is 46.9 Å². The summed E-state index contributed by atoms with van der Waals surface area (Å²) in [5.41, 5.74) is 0.624. The Balaban J connectivity index is 1.77. The number of aromatic amines is 1. The zero-order chi connectivity index (χ0) is 16.5. The average molecular weight is 340 g/mol. The Morgan fingerprint density at radius 2 is 2.26 bits per heavy atom. The minimum Gasteiger partial charge on any atom is -0.490 e. The molecule has 124 valence electrons. The van der Waals surface area contributed by atoms with Gasteiger partial charge in [0.1, 0.15) is 12.4 Å². The van der Waals surface area contributed by atoms with Gasteiger partial charge >= 0.3 is 0 Å². The molecule has 1 heterocycles. The molecule has 0 spiro atoms. The lowest BCUT2D eigenvalue weighted by molar-refractivity contribution is -0.116. The minimum atomic E-state index is -0.0994. The number of benzene rings is 1. The molecule has 1 aromatic carbocycles. The number of carbonyl (C=O) groups excluding carboxylic acids is 1.